The quantitative estimate of drug-likeness (QED) is 0.693. The summed E-state index contributed by atoms with van der Waals surface area (Å²) in [5.41, 5.74) is 0.479. The van der Waals surface area contributed by atoms with Crippen LogP contribution in [0.2, 0.25) is 0 Å². The van der Waals surface area contributed by atoms with Gasteiger partial charge in [-0.1, -0.05) is 0 Å². The fraction of sp³-hybridized carbons (Fsp3) is 0.600. The minimum Gasteiger partial charge on any atom is -0.383 e. The molecule has 10 heteroatoms. The third-order valence-electron chi connectivity index (χ3n) is 4.01. The van der Waals surface area contributed by atoms with Gasteiger partial charge in [0.05, 0.1) is 6.61 Å². The Morgan fingerprint density at radius 2 is 2.32 bits per heavy atom. The van der Waals surface area contributed by atoms with E-state index in [0.29, 0.717) is 31.8 Å². The lowest BCUT2D eigenvalue weighted by Crippen LogP contribution is -2.27. The third kappa shape index (κ3) is 5.00. The predicted octanol–water partition coefficient (Wildman–Crippen LogP) is -0.339. The molecule has 1 amide bonds. The fourth-order valence-electron chi connectivity index (χ4n) is 2.71. The zero-order valence-corrected chi connectivity index (χ0v) is 15.1. The van der Waals surface area contributed by atoms with Crippen molar-refractivity contribution in [3.05, 3.63) is 29.9 Å². The number of carbonyl (C=O) groups excluding carboxylic acids is 1. The Labute approximate surface area is 152 Å². The number of fused-ring (bicyclic) bond motifs is 1. The van der Waals surface area contributed by atoms with E-state index in [4.69, 9.17) is 4.74 Å². The lowest BCUT2D eigenvalue weighted by molar-refractivity contribution is 0.0949. The van der Waals surface area contributed by atoms with Gasteiger partial charge in [0.15, 0.2) is 0 Å². The second kappa shape index (κ2) is 9.50. The van der Waals surface area contributed by atoms with Crippen molar-refractivity contribution in [1.29, 1.82) is 0 Å². The molecule has 3 rings (SSSR count). The second-order valence-electron chi connectivity index (χ2n) is 5.68. The van der Waals surface area contributed by atoms with E-state index in [0.717, 1.165) is 37.7 Å². The number of ether oxygens (including phenoxy) is 1. The summed E-state index contributed by atoms with van der Waals surface area (Å²) in [6, 6.07) is 0. The maximum Gasteiger partial charge on any atom is 0.271 e. The lowest BCUT2D eigenvalue weighted by atomic mass is 10.3. The summed E-state index contributed by atoms with van der Waals surface area (Å²) in [7, 11) is 1.66. The van der Waals surface area contributed by atoms with E-state index in [1.54, 1.807) is 13.4 Å². The minimum absolute atomic E-state index is 0. The molecule has 0 atom stereocenters. The van der Waals surface area contributed by atoms with Gasteiger partial charge >= 0.3 is 0 Å². The van der Waals surface area contributed by atoms with Crippen molar-refractivity contribution in [2.24, 2.45) is 0 Å². The largest absolute Gasteiger partial charge is 0.383 e. The Hall–Kier alpha value is -1.97. The summed E-state index contributed by atoms with van der Waals surface area (Å²) in [6.07, 6.45) is 4.97. The maximum absolute atomic E-state index is 12.3. The zero-order valence-electron chi connectivity index (χ0n) is 14.3. The monoisotopic (exact) mass is 369 g/mol. The molecule has 2 aromatic heterocycles. The molecule has 0 fully saturated rings. The van der Waals surface area contributed by atoms with Crippen LogP contribution in [-0.4, -0.2) is 63.6 Å². The number of nitrogens with one attached hydrogen (secondary N) is 2. The van der Waals surface area contributed by atoms with Crippen LogP contribution in [0.5, 0.6) is 0 Å². The predicted molar refractivity (Wildman–Crippen MR) is 94.0 cm³/mol. The van der Waals surface area contributed by atoms with Crippen molar-refractivity contribution in [3.63, 3.8) is 0 Å². The Kier molecular flexibility index (Phi) is 7.35. The Balaban J connectivity index is 0.00000225. The van der Waals surface area contributed by atoms with Crippen LogP contribution in [0.3, 0.4) is 0 Å². The molecular weight excluding hydrogens is 346 g/mol. The van der Waals surface area contributed by atoms with Crippen molar-refractivity contribution >= 4 is 18.3 Å². The van der Waals surface area contributed by atoms with E-state index >= 15 is 0 Å². The van der Waals surface area contributed by atoms with Crippen LogP contribution >= 0.6 is 12.4 Å². The first-order valence-electron chi connectivity index (χ1n) is 8.18. The summed E-state index contributed by atoms with van der Waals surface area (Å²) in [4.78, 5) is 16.7. The highest BCUT2D eigenvalue weighted by Crippen LogP contribution is 2.06. The molecule has 0 saturated carbocycles. The van der Waals surface area contributed by atoms with E-state index in [2.05, 4.69) is 30.4 Å². The minimum atomic E-state index is -0.147. The molecule has 0 radical (unpaired) electrons. The molecule has 138 valence electrons. The van der Waals surface area contributed by atoms with Crippen molar-refractivity contribution in [1.82, 2.24) is 34.9 Å². The van der Waals surface area contributed by atoms with E-state index in [9.17, 15) is 4.79 Å². The molecule has 0 bridgehead atoms. The Morgan fingerprint density at radius 3 is 3.16 bits per heavy atom. The van der Waals surface area contributed by atoms with Gasteiger partial charge in [-0.05, 0) is 0 Å². The smallest absolute Gasteiger partial charge is 0.271 e. The number of nitrogens with zero attached hydrogens (tertiary/aromatic N) is 5. The molecule has 0 aliphatic carbocycles. The summed E-state index contributed by atoms with van der Waals surface area (Å²) in [6.45, 7) is 4.45. The number of aromatic nitrogens is 5. The Bertz CT molecular complexity index is 662. The molecule has 25 heavy (non-hydrogen) atoms. The first-order valence-corrected chi connectivity index (χ1v) is 8.18. The first-order chi connectivity index (χ1) is 11.8. The number of hydrogen-bond acceptors (Lipinski definition) is 6. The molecule has 2 N–H and O–H groups in total. The van der Waals surface area contributed by atoms with Gasteiger partial charge in [0.2, 0.25) is 0 Å². The number of hydrogen-bond donors (Lipinski definition) is 2. The SMILES string of the molecule is COCCn1cnnc1CCNC(=O)c1cn2c(n1)CCNCC2.Cl. The molecular formula is C15H24ClN7O2. The van der Waals surface area contributed by atoms with Crippen LogP contribution in [0, 0.1) is 0 Å². The van der Waals surface area contributed by atoms with Gasteiger partial charge in [-0.2, -0.15) is 0 Å². The first kappa shape index (κ1) is 19.4. The average molecular weight is 370 g/mol. The second-order valence-corrected chi connectivity index (χ2v) is 5.68. The lowest BCUT2D eigenvalue weighted by Gasteiger charge is -2.06. The standard InChI is InChI=1S/C15H23N7O2.ClH/c1-24-9-8-22-11-18-20-14(22)3-5-17-15(23)12-10-21-7-6-16-4-2-13(21)19-12;/h10-11,16H,2-9H2,1H3,(H,17,23);1H. The number of carbonyl (C=O) groups is 1. The summed E-state index contributed by atoms with van der Waals surface area (Å²) in [5.74, 6) is 1.65. The van der Waals surface area contributed by atoms with Crippen molar-refractivity contribution in [2.45, 2.75) is 25.9 Å². The zero-order chi connectivity index (χ0) is 16.8. The number of amides is 1. The van der Waals surface area contributed by atoms with Gasteiger partial charge in [-0.25, -0.2) is 4.98 Å². The van der Waals surface area contributed by atoms with Crippen molar-refractivity contribution < 1.29 is 9.53 Å². The summed E-state index contributed by atoms with van der Waals surface area (Å²) in [5, 5.41) is 14.2. The molecule has 1 aliphatic rings. The summed E-state index contributed by atoms with van der Waals surface area (Å²) < 4.78 is 9.04. The van der Waals surface area contributed by atoms with E-state index < -0.39 is 0 Å². The van der Waals surface area contributed by atoms with Gasteiger partial charge < -0.3 is 24.5 Å². The Morgan fingerprint density at radius 1 is 1.44 bits per heavy atom. The maximum atomic E-state index is 12.3. The van der Waals surface area contributed by atoms with Crippen LogP contribution in [-0.2, 0) is 30.7 Å². The molecule has 2 aromatic rings. The average Bonchev–Trinajstić information content (AvgIpc) is 3.14. The molecule has 0 unspecified atom stereocenters. The number of rotatable bonds is 7. The molecule has 0 aromatic carbocycles. The van der Waals surface area contributed by atoms with Crippen LogP contribution in [0.4, 0.5) is 0 Å². The van der Waals surface area contributed by atoms with E-state index in [1.165, 1.54) is 0 Å². The van der Waals surface area contributed by atoms with Gasteiger partial charge in [-0.15, -0.1) is 22.6 Å². The van der Waals surface area contributed by atoms with Gasteiger partial charge in [0.25, 0.3) is 5.91 Å². The number of halogens is 1. The van der Waals surface area contributed by atoms with E-state index in [1.807, 2.05) is 10.8 Å². The molecule has 0 saturated heterocycles. The molecule has 9 nitrogen and oxygen atoms in total. The summed E-state index contributed by atoms with van der Waals surface area (Å²) >= 11 is 0. The molecule has 3 heterocycles. The van der Waals surface area contributed by atoms with Gasteiger partial charge in [0, 0.05) is 58.9 Å². The van der Waals surface area contributed by atoms with Crippen LogP contribution in [0.1, 0.15) is 22.1 Å². The highest BCUT2D eigenvalue weighted by atomic mass is 35.5. The highest BCUT2D eigenvalue weighted by molar-refractivity contribution is 5.92. The van der Waals surface area contributed by atoms with E-state index in [-0.39, 0.29) is 18.3 Å². The number of methoxy groups -OCH3 is 1. The normalized spacial score (nSPS) is 13.6. The van der Waals surface area contributed by atoms with Crippen LogP contribution in [0.25, 0.3) is 0 Å². The number of imidazole rings is 1. The van der Waals surface area contributed by atoms with Gasteiger partial charge in [-0.3, -0.25) is 4.79 Å². The van der Waals surface area contributed by atoms with Crippen molar-refractivity contribution in [2.75, 3.05) is 33.4 Å². The molecule has 1 aliphatic heterocycles. The topological polar surface area (TPSA) is 98.9 Å². The molecule has 0 spiro atoms. The fourth-order valence-corrected chi connectivity index (χ4v) is 2.71. The third-order valence-corrected chi connectivity index (χ3v) is 4.01. The highest BCUT2D eigenvalue weighted by Gasteiger charge is 2.15. The van der Waals surface area contributed by atoms with Crippen molar-refractivity contribution in [3.8, 4) is 0 Å². The van der Waals surface area contributed by atoms with Crippen LogP contribution < -0.4 is 10.6 Å². The van der Waals surface area contributed by atoms with Crippen LogP contribution in [0.15, 0.2) is 12.5 Å². The van der Waals surface area contributed by atoms with Gasteiger partial charge in [0.1, 0.15) is 23.7 Å².